The van der Waals surface area contributed by atoms with Gasteiger partial charge in [0, 0.05) is 17.5 Å². The highest BCUT2D eigenvalue weighted by Crippen LogP contribution is 2.28. The van der Waals surface area contributed by atoms with Gasteiger partial charge in [0.05, 0.1) is 11.9 Å². The number of amides is 2. The zero-order valence-electron chi connectivity index (χ0n) is 20.9. The number of nitrogens with zero attached hydrogens (tertiary/aromatic N) is 2. The quantitative estimate of drug-likeness (QED) is 0.513. The number of carbonyl (C=O) groups excluding carboxylic acids is 2. The van der Waals surface area contributed by atoms with Crippen LogP contribution in [0, 0.1) is 0 Å². The maximum absolute atomic E-state index is 13.7. The van der Waals surface area contributed by atoms with Crippen LogP contribution in [0.3, 0.4) is 0 Å². The third kappa shape index (κ3) is 6.82. The van der Waals surface area contributed by atoms with E-state index in [-0.39, 0.29) is 12.5 Å². The SMILES string of the molecule is C[C@@H](C(=O)NC(C)(C)C)N(Cc1ccccc1)C(=O)CN(c1cccc2ccccc12)S(C)(=O)=O. The molecule has 3 aromatic carbocycles. The minimum absolute atomic E-state index is 0.172. The highest BCUT2D eigenvalue weighted by molar-refractivity contribution is 7.92. The van der Waals surface area contributed by atoms with Crippen LogP contribution in [-0.2, 0) is 26.2 Å². The van der Waals surface area contributed by atoms with Crippen LogP contribution in [0.5, 0.6) is 0 Å². The lowest BCUT2D eigenvalue weighted by atomic mass is 10.1. The monoisotopic (exact) mass is 495 g/mol. The first kappa shape index (κ1) is 26.2. The average Bonchev–Trinajstić information content (AvgIpc) is 2.79. The lowest BCUT2D eigenvalue weighted by Crippen LogP contribution is -2.54. The lowest BCUT2D eigenvalue weighted by molar-refractivity contribution is -0.140. The number of benzene rings is 3. The fourth-order valence-electron chi connectivity index (χ4n) is 3.86. The Morgan fingerprint density at radius 3 is 2.14 bits per heavy atom. The number of hydrogen-bond donors (Lipinski definition) is 1. The molecule has 1 N–H and O–H groups in total. The molecule has 0 saturated heterocycles. The van der Waals surface area contributed by atoms with Crippen molar-refractivity contribution in [1.82, 2.24) is 10.2 Å². The van der Waals surface area contributed by atoms with Gasteiger partial charge in [-0.3, -0.25) is 13.9 Å². The van der Waals surface area contributed by atoms with Crippen molar-refractivity contribution in [2.75, 3.05) is 17.1 Å². The molecule has 3 aromatic rings. The van der Waals surface area contributed by atoms with Gasteiger partial charge in [0.25, 0.3) is 0 Å². The summed E-state index contributed by atoms with van der Waals surface area (Å²) < 4.78 is 26.8. The van der Waals surface area contributed by atoms with Crippen LogP contribution < -0.4 is 9.62 Å². The summed E-state index contributed by atoms with van der Waals surface area (Å²) in [4.78, 5) is 28.1. The number of nitrogens with one attached hydrogen (secondary N) is 1. The van der Waals surface area contributed by atoms with E-state index in [1.54, 1.807) is 19.1 Å². The predicted octanol–water partition coefficient (Wildman–Crippen LogP) is 3.94. The van der Waals surface area contributed by atoms with E-state index >= 15 is 0 Å². The van der Waals surface area contributed by atoms with E-state index in [0.717, 1.165) is 26.9 Å². The maximum atomic E-state index is 13.7. The first-order valence-corrected chi connectivity index (χ1v) is 13.3. The van der Waals surface area contributed by atoms with Gasteiger partial charge in [0.1, 0.15) is 12.6 Å². The van der Waals surface area contributed by atoms with Crippen molar-refractivity contribution in [2.45, 2.75) is 45.8 Å². The van der Waals surface area contributed by atoms with Gasteiger partial charge in [0.15, 0.2) is 0 Å². The molecule has 0 unspecified atom stereocenters. The Bertz CT molecular complexity index is 1300. The van der Waals surface area contributed by atoms with Crippen molar-refractivity contribution in [3.63, 3.8) is 0 Å². The summed E-state index contributed by atoms with van der Waals surface area (Å²) in [5.41, 5.74) is 0.784. The average molecular weight is 496 g/mol. The van der Waals surface area contributed by atoms with Crippen molar-refractivity contribution in [3.8, 4) is 0 Å². The van der Waals surface area contributed by atoms with Gasteiger partial charge in [-0.1, -0.05) is 66.7 Å². The summed E-state index contributed by atoms with van der Waals surface area (Å²) in [6.07, 6.45) is 1.08. The summed E-state index contributed by atoms with van der Waals surface area (Å²) in [6.45, 7) is 7.01. The molecule has 0 heterocycles. The molecule has 0 aliphatic heterocycles. The fraction of sp³-hybridized carbons (Fsp3) is 0.333. The Labute approximate surface area is 207 Å². The van der Waals surface area contributed by atoms with Crippen LogP contribution >= 0.6 is 0 Å². The molecular formula is C27H33N3O4S. The molecule has 1 atom stereocenters. The molecule has 3 rings (SSSR count). The number of fused-ring (bicyclic) bond motifs is 1. The van der Waals surface area contributed by atoms with Gasteiger partial charge < -0.3 is 10.2 Å². The topological polar surface area (TPSA) is 86.8 Å². The van der Waals surface area contributed by atoms with Gasteiger partial charge in [0.2, 0.25) is 21.8 Å². The number of sulfonamides is 1. The molecule has 7 nitrogen and oxygen atoms in total. The second-order valence-corrected chi connectivity index (χ2v) is 11.6. The Kier molecular flexibility index (Phi) is 7.85. The Hall–Kier alpha value is -3.39. The van der Waals surface area contributed by atoms with E-state index in [2.05, 4.69) is 5.32 Å². The van der Waals surface area contributed by atoms with Crippen LogP contribution in [-0.4, -0.2) is 49.5 Å². The van der Waals surface area contributed by atoms with Crippen LogP contribution in [0.2, 0.25) is 0 Å². The van der Waals surface area contributed by atoms with Crippen LogP contribution in [0.15, 0.2) is 72.8 Å². The first-order valence-electron chi connectivity index (χ1n) is 11.5. The second kappa shape index (κ2) is 10.5. The molecular weight excluding hydrogens is 462 g/mol. The fourth-order valence-corrected chi connectivity index (χ4v) is 4.72. The predicted molar refractivity (Wildman–Crippen MR) is 140 cm³/mol. The minimum atomic E-state index is -3.80. The van der Waals surface area contributed by atoms with E-state index in [9.17, 15) is 18.0 Å². The molecule has 0 aromatic heterocycles. The van der Waals surface area contributed by atoms with Crippen molar-refractivity contribution in [3.05, 3.63) is 78.4 Å². The molecule has 35 heavy (non-hydrogen) atoms. The third-order valence-electron chi connectivity index (χ3n) is 5.58. The van der Waals surface area contributed by atoms with Gasteiger partial charge in [-0.05, 0) is 44.7 Å². The third-order valence-corrected chi connectivity index (χ3v) is 6.70. The molecule has 8 heteroatoms. The zero-order chi connectivity index (χ0) is 25.8. The summed E-state index contributed by atoms with van der Waals surface area (Å²) in [5.74, 6) is -0.776. The van der Waals surface area contributed by atoms with Crippen molar-refractivity contribution < 1.29 is 18.0 Å². The van der Waals surface area contributed by atoms with Crippen molar-refractivity contribution in [2.24, 2.45) is 0 Å². The van der Waals surface area contributed by atoms with Crippen molar-refractivity contribution >= 4 is 38.3 Å². The van der Waals surface area contributed by atoms with Crippen LogP contribution in [0.4, 0.5) is 5.69 Å². The lowest BCUT2D eigenvalue weighted by Gasteiger charge is -2.33. The number of carbonyl (C=O) groups is 2. The highest BCUT2D eigenvalue weighted by Gasteiger charge is 2.31. The summed E-state index contributed by atoms with van der Waals surface area (Å²) in [7, 11) is -3.80. The van der Waals surface area contributed by atoms with Gasteiger partial charge in [-0.15, -0.1) is 0 Å². The standard InChI is InChI=1S/C27H33N3O4S/c1-20(26(32)28-27(2,3)4)29(18-21-12-7-6-8-13-21)25(31)19-30(35(5,33)34)24-17-11-15-22-14-9-10-16-23(22)24/h6-17,20H,18-19H2,1-5H3,(H,28,32)/t20-/m0/s1. The van der Waals surface area contributed by atoms with E-state index in [1.165, 1.54) is 4.90 Å². The van der Waals surface area contributed by atoms with Gasteiger partial charge in [-0.2, -0.15) is 0 Å². The molecule has 0 radical (unpaired) electrons. The first-order chi connectivity index (χ1) is 16.4. The molecule has 0 bridgehead atoms. The Morgan fingerprint density at radius 2 is 1.51 bits per heavy atom. The summed E-state index contributed by atoms with van der Waals surface area (Å²) in [5, 5.41) is 4.50. The normalized spacial score (nSPS) is 12.7. The molecule has 2 amide bonds. The number of rotatable bonds is 8. The zero-order valence-corrected chi connectivity index (χ0v) is 21.7. The highest BCUT2D eigenvalue weighted by atomic mass is 32.2. The molecule has 0 aliphatic rings. The molecule has 0 fully saturated rings. The molecule has 0 spiro atoms. The van der Waals surface area contributed by atoms with E-state index < -0.39 is 34.1 Å². The number of anilines is 1. The van der Waals surface area contributed by atoms with E-state index in [4.69, 9.17) is 0 Å². The summed E-state index contributed by atoms with van der Waals surface area (Å²) in [6, 6.07) is 21.3. The Balaban J connectivity index is 1.99. The van der Waals surface area contributed by atoms with Crippen LogP contribution in [0.25, 0.3) is 10.8 Å². The minimum Gasteiger partial charge on any atom is -0.350 e. The molecule has 0 saturated carbocycles. The summed E-state index contributed by atoms with van der Waals surface area (Å²) >= 11 is 0. The van der Waals surface area contributed by atoms with E-state index in [0.29, 0.717) is 5.69 Å². The number of hydrogen-bond acceptors (Lipinski definition) is 4. The van der Waals surface area contributed by atoms with Crippen LogP contribution in [0.1, 0.15) is 33.3 Å². The largest absolute Gasteiger partial charge is 0.350 e. The molecule has 0 aliphatic carbocycles. The Morgan fingerprint density at radius 1 is 0.914 bits per heavy atom. The smallest absolute Gasteiger partial charge is 0.244 e. The molecule has 186 valence electrons. The van der Waals surface area contributed by atoms with Gasteiger partial charge in [-0.25, -0.2) is 8.42 Å². The van der Waals surface area contributed by atoms with Gasteiger partial charge >= 0.3 is 0 Å². The van der Waals surface area contributed by atoms with Crippen molar-refractivity contribution in [1.29, 1.82) is 0 Å². The maximum Gasteiger partial charge on any atom is 0.244 e. The second-order valence-electron chi connectivity index (χ2n) is 9.69. The van der Waals surface area contributed by atoms with E-state index in [1.807, 2.05) is 81.4 Å².